The first kappa shape index (κ1) is 18.2. The van der Waals surface area contributed by atoms with Crippen LogP contribution in [0.2, 0.25) is 0 Å². The van der Waals surface area contributed by atoms with Crippen LogP contribution in [0.4, 0.5) is 0 Å². The van der Waals surface area contributed by atoms with Crippen molar-refractivity contribution in [2.75, 3.05) is 7.11 Å². The summed E-state index contributed by atoms with van der Waals surface area (Å²) in [5, 5.41) is 11.3. The molecule has 9 atom stereocenters. The van der Waals surface area contributed by atoms with E-state index >= 15 is 0 Å². The fourth-order valence-electron chi connectivity index (χ4n) is 7.20. The molecule has 1 N–H and O–H groups in total. The number of hydrogen-bond acceptors (Lipinski definition) is 5. The van der Waals surface area contributed by atoms with E-state index in [9.17, 15) is 14.7 Å². The molecule has 0 bridgehead atoms. The Morgan fingerprint density at radius 3 is 2.58 bits per heavy atom. The van der Waals surface area contributed by atoms with Crippen LogP contribution in [0, 0.1) is 34.5 Å². The number of rotatable bonds is 1. The van der Waals surface area contributed by atoms with E-state index in [0.717, 1.165) is 12.0 Å². The quantitative estimate of drug-likeness (QED) is 0.726. The van der Waals surface area contributed by atoms with Crippen molar-refractivity contribution in [1.29, 1.82) is 0 Å². The highest BCUT2D eigenvalue weighted by molar-refractivity contribution is 5.95. The molecule has 0 aromatic carbocycles. The zero-order chi connectivity index (χ0) is 19.0. The average molecular weight is 362 g/mol. The average Bonchev–Trinajstić information content (AvgIpc) is 2.56. The van der Waals surface area contributed by atoms with Gasteiger partial charge in [-0.2, -0.15) is 0 Å². The van der Waals surface area contributed by atoms with Gasteiger partial charge in [-0.05, 0) is 43.6 Å². The highest BCUT2D eigenvalue weighted by Crippen LogP contribution is 2.67. The minimum atomic E-state index is -0.703. The van der Waals surface area contributed by atoms with Crippen LogP contribution < -0.4 is 0 Å². The highest BCUT2D eigenvalue weighted by Gasteiger charge is 2.70. The summed E-state index contributed by atoms with van der Waals surface area (Å²) >= 11 is 0. The summed E-state index contributed by atoms with van der Waals surface area (Å²) in [6.45, 7) is 8.28. The summed E-state index contributed by atoms with van der Waals surface area (Å²) in [6, 6.07) is 0. The second-order valence-corrected chi connectivity index (χ2v) is 9.47. The normalized spacial score (nSPS) is 53.3. The summed E-state index contributed by atoms with van der Waals surface area (Å²) in [5.74, 6) is -0.0539. The molecule has 3 aliphatic carbocycles. The van der Waals surface area contributed by atoms with Gasteiger partial charge in [-0.15, -0.1) is 0 Å². The van der Waals surface area contributed by atoms with Crippen LogP contribution in [0.1, 0.15) is 47.0 Å². The fourth-order valence-corrected chi connectivity index (χ4v) is 7.20. The number of ether oxygens (including phenoxy) is 2. The second kappa shape index (κ2) is 5.65. The standard InChI is InChI=1S/C21H30O5/c1-10-6-14(22)18-20(3)13(10)9-17(23)26-16(20)8-12-11(2)7-15(25-5)19(24)21(12,18)4/h6,11-13,15-16,18-19,24H,7-9H2,1-5H3. The molecular formula is C21H30O5. The lowest BCUT2D eigenvalue weighted by molar-refractivity contribution is -0.255. The summed E-state index contributed by atoms with van der Waals surface area (Å²) < 4.78 is 11.4. The van der Waals surface area contributed by atoms with E-state index < -0.39 is 16.9 Å². The van der Waals surface area contributed by atoms with Crippen LogP contribution >= 0.6 is 0 Å². The Balaban J connectivity index is 1.90. The first-order valence-corrected chi connectivity index (χ1v) is 9.78. The molecule has 0 amide bonds. The molecule has 1 saturated heterocycles. The number of hydrogen-bond donors (Lipinski definition) is 1. The molecule has 3 fully saturated rings. The zero-order valence-corrected chi connectivity index (χ0v) is 16.3. The summed E-state index contributed by atoms with van der Waals surface area (Å²) in [4.78, 5) is 25.6. The van der Waals surface area contributed by atoms with Gasteiger partial charge in [0, 0.05) is 23.9 Å². The number of methoxy groups -OCH3 is 1. The lowest BCUT2D eigenvalue weighted by atomic mass is 9.39. The van der Waals surface area contributed by atoms with E-state index in [0.29, 0.717) is 12.8 Å². The summed E-state index contributed by atoms with van der Waals surface area (Å²) in [6.07, 6.45) is 2.27. The van der Waals surface area contributed by atoms with Crippen molar-refractivity contribution in [3.63, 3.8) is 0 Å². The molecule has 9 unspecified atom stereocenters. The predicted octanol–water partition coefficient (Wildman–Crippen LogP) is 2.51. The van der Waals surface area contributed by atoms with E-state index in [-0.39, 0.29) is 47.6 Å². The molecule has 0 radical (unpaired) electrons. The molecule has 5 nitrogen and oxygen atoms in total. The van der Waals surface area contributed by atoms with Gasteiger partial charge in [0.05, 0.1) is 18.6 Å². The van der Waals surface area contributed by atoms with E-state index in [1.54, 1.807) is 13.2 Å². The smallest absolute Gasteiger partial charge is 0.306 e. The van der Waals surface area contributed by atoms with Crippen molar-refractivity contribution in [2.24, 2.45) is 34.5 Å². The minimum absolute atomic E-state index is 0.000322. The van der Waals surface area contributed by atoms with Gasteiger partial charge >= 0.3 is 5.97 Å². The van der Waals surface area contributed by atoms with E-state index in [1.165, 1.54) is 0 Å². The Kier molecular flexibility index (Phi) is 3.95. The Bertz CT molecular complexity index is 684. The molecule has 0 spiro atoms. The Hall–Kier alpha value is -1.20. The highest BCUT2D eigenvalue weighted by atomic mass is 16.5. The van der Waals surface area contributed by atoms with E-state index in [2.05, 4.69) is 20.8 Å². The summed E-state index contributed by atoms with van der Waals surface area (Å²) in [5.41, 5.74) is -0.0789. The third-order valence-corrected chi connectivity index (χ3v) is 8.39. The molecule has 2 saturated carbocycles. The maximum Gasteiger partial charge on any atom is 0.306 e. The molecule has 26 heavy (non-hydrogen) atoms. The Morgan fingerprint density at radius 2 is 1.92 bits per heavy atom. The number of esters is 1. The minimum Gasteiger partial charge on any atom is -0.462 e. The molecule has 5 heteroatoms. The van der Waals surface area contributed by atoms with Crippen LogP contribution in [-0.2, 0) is 19.1 Å². The largest absolute Gasteiger partial charge is 0.462 e. The van der Waals surface area contributed by atoms with Crippen molar-refractivity contribution in [2.45, 2.75) is 65.3 Å². The van der Waals surface area contributed by atoms with Gasteiger partial charge in [0.25, 0.3) is 0 Å². The van der Waals surface area contributed by atoms with Crippen molar-refractivity contribution in [3.8, 4) is 0 Å². The third kappa shape index (κ3) is 2.04. The number of carbonyl (C=O) groups excluding carboxylic acids is 2. The molecule has 144 valence electrons. The summed E-state index contributed by atoms with van der Waals surface area (Å²) in [7, 11) is 1.63. The molecule has 0 aromatic heterocycles. The monoisotopic (exact) mass is 362 g/mol. The number of aliphatic hydroxyl groups is 1. The van der Waals surface area contributed by atoms with Crippen LogP contribution in [0.3, 0.4) is 0 Å². The van der Waals surface area contributed by atoms with Gasteiger partial charge in [0.1, 0.15) is 6.10 Å². The number of aliphatic hydroxyl groups excluding tert-OH is 1. The van der Waals surface area contributed by atoms with Crippen LogP contribution in [0.25, 0.3) is 0 Å². The van der Waals surface area contributed by atoms with Crippen molar-refractivity contribution < 1.29 is 24.2 Å². The first-order chi connectivity index (χ1) is 12.1. The fraction of sp³-hybridized carbons (Fsp3) is 0.810. The Morgan fingerprint density at radius 1 is 1.23 bits per heavy atom. The molecule has 1 aliphatic heterocycles. The van der Waals surface area contributed by atoms with Crippen LogP contribution in [0.5, 0.6) is 0 Å². The van der Waals surface area contributed by atoms with Crippen LogP contribution in [0.15, 0.2) is 11.6 Å². The SMILES string of the molecule is COC1CC(C)C2CC3OC(=O)CC4C(C)=CC(=O)C(C34C)C2(C)C1O. The first-order valence-electron chi connectivity index (χ1n) is 9.78. The third-order valence-electron chi connectivity index (χ3n) is 8.39. The van der Waals surface area contributed by atoms with Gasteiger partial charge in [-0.1, -0.05) is 26.3 Å². The number of fused-ring (bicyclic) bond motifs is 2. The number of ketones is 1. The Labute approximate surface area is 155 Å². The maximum absolute atomic E-state index is 13.3. The maximum atomic E-state index is 13.3. The van der Waals surface area contributed by atoms with Crippen LogP contribution in [-0.4, -0.2) is 42.3 Å². The van der Waals surface area contributed by atoms with Gasteiger partial charge in [-0.25, -0.2) is 0 Å². The number of carbonyl (C=O) groups is 2. The topological polar surface area (TPSA) is 72.8 Å². The van der Waals surface area contributed by atoms with Crippen molar-refractivity contribution >= 4 is 11.8 Å². The molecule has 1 heterocycles. The number of allylic oxidation sites excluding steroid dienone is 2. The molecule has 4 rings (SSSR count). The van der Waals surface area contributed by atoms with E-state index in [1.807, 2.05) is 6.92 Å². The molecule has 4 aliphatic rings. The van der Waals surface area contributed by atoms with Crippen molar-refractivity contribution in [3.05, 3.63) is 11.6 Å². The molecule has 0 aromatic rings. The van der Waals surface area contributed by atoms with E-state index in [4.69, 9.17) is 9.47 Å². The van der Waals surface area contributed by atoms with Gasteiger partial charge in [-0.3, -0.25) is 9.59 Å². The second-order valence-electron chi connectivity index (χ2n) is 9.47. The lowest BCUT2D eigenvalue weighted by Crippen LogP contribution is -2.71. The van der Waals surface area contributed by atoms with Gasteiger partial charge in [0.2, 0.25) is 0 Å². The van der Waals surface area contributed by atoms with Gasteiger partial charge in [0.15, 0.2) is 5.78 Å². The predicted molar refractivity (Wildman–Crippen MR) is 95.1 cm³/mol. The zero-order valence-electron chi connectivity index (χ0n) is 16.3. The molecular weight excluding hydrogens is 332 g/mol. The van der Waals surface area contributed by atoms with Gasteiger partial charge < -0.3 is 14.6 Å². The van der Waals surface area contributed by atoms with Crippen molar-refractivity contribution in [1.82, 2.24) is 0 Å². The lowest BCUT2D eigenvalue weighted by Gasteiger charge is -2.67.